The number of hydrogen-bond donors (Lipinski definition) is 1. The van der Waals surface area contributed by atoms with Gasteiger partial charge in [-0.15, -0.1) is 0 Å². The second kappa shape index (κ2) is 9.06. The zero-order chi connectivity index (χ0) is 20.1. The van der Waals surface area contributed by atoms with Crippen LogP contribution >= 0.6 is 15.9 Å². The Balaban J connectivity index is 1.71. The number of carbonyl (C=O) groups is 2. The molecule has 3 rings (SSSR count). The summed E-state index contributed by atoms with van der Waals surface area (Å²) in [6.07, 6.45) is 2.07. The van der Waals surface area contributed by atoms with Crippen LogP contribution in [0.4, 0.5) is 0 Å². The maximum absolute atomic E-state index is 13.1. The lowest BCUT2D eigenvalue weighted by atomic mass is 10.1. The lowest BCUT2D eigenvalue weighted by Gasteiger charge is -2.19. The second-order valence-corrected chi connectivity index (χ2v) is 7.85. The fourth-order valence-electron chi connectivity index (χ4n) is 3.04. The minimum atomic E-state index is -0.217. The van der Waals surface area contributed by atoms with E-state index in [1.807, 2.05) is 44.2 Å². The summed E-state index contributed by atoms with van der Waals surface area (Å²) in [7, 11) is 0. The van der Waals surface area contributed by atoms with Gasteiger partial charge in [0.1, 0.15) is 5.75 Å². The minimum absolute atomic E-state index is 0.0363. The lowest BCUT2D eigenvalue weighted by Crippen LogP contribution is -2.34. The van der Waals surface area contributed by atoms with Gasteiger partial charge in [0.15, 0.2) is 6.61 Å². The first-order valence-corrected chi connectivity index (χ1v) is 9.99. The number of ether oxygens (including phenoxy) is 1. The van der Waals surface area contributed by atoms with Crippen LogP contribution in [-0.2, 0) is 4.79 Å². The molecular formula is C22H23BrN2O3. The van der Waals surface area contributed by atoms with Gasteiger partial charge in [-0.05, 0) is 43.2 Å². The molecule has 6 heteroatoms. The van der Waals surface area contributed by atoms with E-state index in [4.69, 9.17) is 4.74 Å². The fourth-order valence-corrected chi connectivity index (χ4v) is 3.40. The highest BCUT2D eigenvalue weighted by molar-refractivity contribution is 9.10. The van der Waals surface area contributed by atoms with Crippen LogP contribution in [0.25, 0.3) is 5.57 Å². The molecule has 2 aromatic rings. The van der Waals surface area contributed by atoms with E-state index in [1.54, 1.807) is 23.1 Å². The van der Waals surface area contributed by atoms with Gasteiger partial charge in [-0.3, -0.25) is 9.59 Å². The number of carbonyl (C=O) groups excluding carboxylic acids is 2. The predicted molar refractivity (Wildman–Crippen MR) is 113 cm³/mol. The summed E-state index contributed by atoms with van der Waals surface area (Å²) in [6, 6.07) is 15.3. The molecule has 0 saturated heterocycles. The van der Waals surface area contributed by atoms with Crippen molar-refractivity contribution in [1.29, 1.82) is 0 Å². The van der Waals surface area contributed by atoms with E-state index in [0.717, 1.165) is 15.6 Å². The summed E-state index contributed by atoms with van der Waals surface area (Å²) >= 11 is 3.42. The van der Waals surface area contributed by atoms with E-state index in [1.165, 1.54) is 0 Å². The molecular weight excluding hydrogens is 420 g/mol. The van der Waals surface area contributed by atoms with Crippen LogP contribution in [0.1, 0.15) is 29.8 Å². The van der Waals surface area contributed by atoms with Crippen molar-refractivity contribution in [2.45, 2.75) is 19.9 Å². The summed E-state index contributed by atoms with van der Waals surface area (Å²) in [5.41, 5.74) is 2.69. The molecule has 5 nitrogen and oxygen atoms in total. The van der Waals surface area contributed by atoms with Crippen molar-refractivity contribution in [2.75, 3.05) is 19.7 Å². The predicted octanol–water partition coefficient (Wildman–Crippen LogP) is 3.89. The normalized spacial score (nSPS) is 13.4. The summed E-state index contributed by atoms with van der Waals surface area (Å²) < 4.78 is 6.43. The Bertz CT molecular complexity index is 894. The van der Waals surface area contributed by atoms with Gasteiger partial charge in [0.2, 0.25) is 0 Å². The summed E-state index contributed by atoms with van der Waals surface area (Å²) in [4.78, 5) is 26.8. The highest BCUT2D eigenvalue weighted by atomic mass is 79.9. The Morgan fingerprint density at radius 2 is 1.93 bits per heavy atom. The third-order valence-corrected chi connectivity index (χ3v) is 4.82. The molecule has 0 fully saturated rings. The standard InChI is InChI=1S/C22H23BrN2O3/c1-15(2)24-21(26)14-28-20-9-8-18(23)12-19(20)22(27)25-11-10-17(13-25)16-6-4-3-5-7-16/h3-10,12,15H,11,13-14H2,1-2H3,(H,24,26). The number of rotatable bonds is 6. The molecule has 28 heavy (non-hydrogen) atoms. The zero-order valence-corrected chi connectivity index (χ0v) is 17.5. The second-order valence-electron chi connectivity index (χ2n) is 6.93. The van der Waals surface area contributed by atoms with E-state index in [0.29, 0.717) is 24.4 Å². The van der Waals surface area contributed by atoms with Gasteiger partial charge in [0, 0.05) is 23.6 Å². The number of benzene rings is 2. The van der Waals surface area contributed by atoms with E-state index < -0.39 is 0 Å². The number of nitrogens with one attached hydrogen (secondary N) is 1. The van der Waals surface area contributed by atoms with Gasteiger partial charge in [-0.1, -0.05) is 52.3 Å². The SMILES string of the molecule is CC(C)NC(=O)COc1ccc(Br)cc1C(=O)N1CC=C(c2ccccc2)C1. The molecule has 2 aromatic carbocycles. The Morgan fingerprint density at radius 3 is 2.64 bits per heavy atom. The van der Waals surface area contributed by atoms with Crippen LogP contribution in [0.2, 0.25) is 0 Å². The van der Waals surface area contributed by atoms with Crippen LogP contribution < -0.4 is 10.1 Å². The Labute approximate surface area is 173 Å². The largest absolute Gasteiger partial charge is 0.483 e. The molecule has 146 valence electrons. The van der Waals surface area contributed by atoms with E-state index in [9.17, 15) is 9.59 Å². The van der Waals surface area contributed by atoms with Crippen LogP contribution in [0.5, 0.6) is 5.75 Å². The molecule has 0 unspecified atom stereocenters. The lowest BCUT2D eigenvalue weighted by molar-refractivity contribution is -0.123. The maximum Gasteiger partial charge on any atom is 0.258 e. The van der Waals surface area contributed by atoms with Gasteiger partial charge in [-0.2, -0.15) is 0 Å². The van der Waals surface area contributed by atoms with Crippen molar-refractivity contribution >= 4 is 33.3 Å². The average Bonchev–Trinajstić information content (AvgIpc) is 3.17. The molecule has 0 bridgehead atoms. The number of halogens is 1. The maximum atomic E-state index is 13.1. The van der Waals surface area contributed by atoms with E-state index in [-0.39, 0.29) is 24.5 Å². The summed E-state index contributed by atoms with van der Waals surface area (Å²) in [5.74, 6) is 0.0635. The van der Waals surface area contributed by atoms with Crippen molar-refractivity contribution in [2.24, 2.45) is 0 Å². The molecule has 1 aliphatic rings. The number of amides is 2. The molecule has 0 aliphatic carbocycles. The first-order chi connectivity index (χ1) is 13.4. The zero-order valence-electron chi connectivity index (χ0n) is 15.9. The highest BCUT2D eigenvalue weighted by Crippen LogP contribution is 2.28. The van der Waals surface area contributed by atoms with Crippen molar-refractivity contribution in [3.05, 3.63) is 70.2 Å². The molecule has 0 radical (unpaired) electrons. The average molecular weight is 443 g/mol. The van der Waals surface area contributed by atoms with Crippen LogP contribution in [-0.4, -0.2) is 42.5 Å². The molecule has 2 amide bonds. The van der Waals surface area contributed by atoms with Crippen molar-refractivity contribution in [1.82, 2.24) is 10.2 Å². The summed E-state index contributed by atoms with van der Waals surface area (Å²) in [6.45, 7) is 4.73. The first kappa shape index (κ1) is 20.1. The van der Waals surface area contributed by atoms with Gasteiger partial charge < -0.3 is 15.0 Å². The van der Waals surface area contributed by atoms with Gasteiger partial charge >= 0.3 is 0 Å². The first-order valence-electron chi connectivity index (χ1n) is 9.19. The minimum Gasteiger partial charge on any atom is -0.483 e. The van der Waals surface area contributed by atoms with Gasteiger partial charge in [0.05, 0.1) is 5.56 Å². The van der Waals surface area contributed by atoms with Crippen molar-refractivity contribution < 1.29 is 14.3 Å². The molecule has 1 heterocycles. The Kier molecular flexibility index (Phi) is 6.52. The molecule has 1 N–H and O–H groups in total. The molecule has 1 aliphatic heterocycles. The Morgan fingerprint density at radius 1 is 1.18 bits per heavy atom. The van der Waals surface area contributed by atoms with Gasteiger partial charge in [0.25, 0.3) is 11.8 Å². The van der Waals surface area contributed by atoms with Crippen LogP contribution in [0, 0.1) is 0 Å². The third-order valence-electron chi connectivity index (χ3n) is 4.33. The smallest absolute Gasteiger partial charge is 0.258 e. The topological polar surface area (TPSA) is 58.6 Å². The number of nitrogens with zero attached hydrogens (tertiary/aromatic N) is 1. The van der Waals surface area contributed by atoms with E-state index in [2.05, 4.69) is 27.3 Å². The van der Waals surface area contributed by atoms with Crippen LogP contribution in [0.3, 0.4) is 0 Å². The molecule has 0 aromatic heterocycles. The number of hydrogen-bond acceptors (Lipinski definition) is 3. The highest BCUT2D eigenvalue weighted by Gasteiger charge is 2.24. The molecule has 0 spiro atoms. The van der Waals surface area contributed by atoms with Crippen LogP contribution in [0.15, 0.2) is 59.1 Å². The molecule has 0 atom stereocenters. The van der Waals surface area contributed by atoms with Crippen molar-refractivity contribution in [3.63, 3.8) is 0 Å². The molecule has 0 saturated carbocycles. The van der Waals surface area contributed by atoms with E-state index >= 15 is 0 Å². The summed E-state index contributed by atoms with van der Waals surface area (Å²) in [5, 5.41) is 2.78. The Hall–Kier alpha value is -2.60. The van der Waals surface area contributed by atoms with Gasteiger partial charge in [-0.25, -0.2) is 0 Å². The fraction of sp³-hybridized carbons (Fsp3) is 0.273. The quantitative estimate of drug-likeness (QED) is 0.737. The van der Waals surface area contributed by atoms with Crippen molar-refractivity contribution in [3.8, 4) is 5.75 Å². The monoisotopic (exact) mass is 442 g/mol. The third kappa shape index (κ3) is 5.01.